The second kappa shape index (κ2) is 8.98. The lowest BCUT2D eigenvalue weighted by Gasteiger charge is -2.30. The largest absolute Gasteiger partial charge is 0.329 e. The van der Waals surface area contributed by atoms with Gasteiger partial charge in [0.2, 0.25) is 0 Å². The standard InChI is InChI=1S/C16H25ClN4O/c17-14-5-4-6-15(13-14)19-16(22)21(10-7-18)12-11-20-8-2-1-3-9-20/h4-6,13H,1-3,7-12,18H2,(H,19,22). The topological polar surface area (TPSA) is 61.6 Å². The van der Waals surface area contributed by atoms with Gasteiger partial charge >= 0.3 is 6.03 Å². The van der Waals surface area contributed by atoms with E-state index in [1.165, 1.54) is 19.3 Å². The summed E-state index contributed by atoms with van der Waals surface area (Å²) in [6.07, 6.45) is 3.83. The van der Waals surface area contributed by atoms with E-state index in [1.807, 2.05) is 12.1 Å². The van der Waals surface area contributed by atoms with Crippen LogP contribution in [0.15, 0.2) is 24.3 Å². The predicted molar refractivity (Wildman–Crippen MR) is 91.4 cm³/mol. The molecule has 0 bridgehead atoms. The van der Waals surface area contributed by atoms with Gasteiger partial charge < -0.3 is 20.9 Å². The Morgan fingerprint density at radius 1 is 1.27 bits per heavy atom. The van der Waals surface area contributed by atoms with Gasteiger partial charge in [-0.1, -0.05) is 24.1 Å². The van der Waals surface area contributed by atoms with E-state index in [4.69, 9.17) is 17.3 Å². The van der Waals surface area contributed by atoms with E-state index in [0.29, 0.717) is 30.3 Å². The van der Waals surface area contributed by atoms with E-state index in [-0.39, 0.29) is 6.03 Å². The Hall–Kier alpha value is -1.30. The van der Waals surface area contributed by atoms with Crippen molar-refractivity contribution < 1.29 is 4.79 Å². The molecule has 0 saturated carbocycles. The van der Waals surface area contributed by atoms with Gasteiger partial charge in [-0.2, -0.15) is 0 Å². The Morgan fingerprint density at radius 2 is 2.05 bits per heavy atom. The summed E-state index contributed by atoms with van der Waals surface area (Å²) in [5, 5.41) is 3.49. The molecule has 22 heavy (non-hydrogen) atoms. The second-order valence-corrected chi connectivity index (χ2v) is 6.05. The van der Waals surface area contributed by atoms with E-state index in [2.05, 4.69) is 10.2 Å². The molecule has 1 aliphatic heterocycles. The van der Waals surface area contributed by atoms with Gasteiger partial charge in [-0.15, -0.1) is 0 Å². The minimum Gasteiger partial charge on any atom is -0.329 e. The highest BCUT2D eigenvalue weighted by Gasteiger charge is 2.16. The minimum atomic E-state index is -0.121. The first kappa shape index (κ1) is 17.1. The molecule has 3 N–H and O–H groups in total. The SMILES string of the molecule is NCCN(CCN1CCCCC1)C(=O)Nc1cccc(Cl)c1. The fraction of sp³-hybridized carbons (Fsp3) is 0.562. The Kier molecular flexibility index (Phi) is 6.96. The van der Waals surface area contributed by atoms with Crippen LogP contribution in [0.1, 0.15) is 19.3 Å². The van der Waals surface area contributed by atoms with Gasteiger partial charge in [0, 0.05) is 36.9 Å². The molecule has 2 rings (SSSR count). The zero-order valence-corrected chi connectivity index (χ0v) is 13.7. The summed E-state index contributed by atoms with van der Waals surface area (Å²) in [4.78, 5) is 16.6. The van der Waals surface area contributed by atoms with Gasteiger partial charge in [0.25, 0.3) is 0 Å². The third-order valence-electron chi connectivity index (χ3n) is 3.90. The average Bonchev–Trinajstić information content (AvgIpc) is 2.52. The van der Waals surface area contributed by atoms with Crippen LogP contribution in [0, 0.1) is 0 Å². The number of hydrogen-bond donors (Lipinski definition) is 2. The normalized spacial score (nSPS) is 15.5. The lowest BCUT2D eigenvalue weighted by Crippen LogP contribution is -2.44. The van der Waals surface area contributed by atoms with Crippen molar-refractivity contribution in [2.75, 3.05) is 44.6 Å². The number of urea groups is 1. The van der Waals surface area contributed by atoms with Crippen molar-refractivity contribution in [3.05, 3.63) is 29.3 Å². The summed E-state index contributed by atoms with van der Waals surface area (Å²) in [7, 11) is 0. The summed E-state index contributed by atoms with van der Waals surface area (Å²) in [5.74, 6) is 0. The van der Waals surface area contributed by atoms with Crippen LogP contribution in [0.25, 0.3) is 0 Å². The fourth-order valence-electron chi connectivity index (χ4n) is 2.68. The molecule has 0 atom stereocenters. The number of rotatable bonds is 6. The van der Waals surface area contributed by atoms with Crippen molar-refractivity contribution in [3.8, 4) is 0 Å². The first-order chi connectivity index (χ1) is 10.7. The smallest absolute Gasteiger partial charge is 0.321 e. The number of likely N-dealkylation sites (tertiary alicyclic amines) is 1. The molecule has 0 aromatic heterocycles. The predicted octanol–water partition coefficient (Wildman–Crippen LogP) is 2.62. The summed E-state index contributed by atoms with van der Waals surface area (Å²) < 4.78 is 0. The van der Waals surface area contributed by atoms with Crippen molar-refractivity contribution in [3.63, 3.8) is 0 Å². The molecule has 1 aromatic rings. The lowest BCUT2D eigenvalue weighted by molar-refractivity contribution is 0.182. The van der Waals surface area contributed by atoms with Gasteiger partial charge in [-0.25, -0.2) is 4.79 Å². The number of carbonyl (C=O) groups is 1. The Bertz CT molecular complexity index is 477. The molecule has 0 aliphatic carbocycles. The molecule has 122 valence electrons. The first-order valence-electron chi connectivity index (χ1n) is 7.93. The quantitative estimate of drug-likeness (QED) is 0.845. The van der Waals surface area contributed by atoms with Crippen LogP contribution in [0.3, 0.4) is 0 Å². The molecular weight excluding hydrogens is 300 g/mol. The molecule has 1 saturated heterocycles. The number of anilines is 1. The van der Waals surface area contributed by atoms with Gasteiger partial charge in [0.1, 0.15) is 0 Å². The summed E-state index contributed by atoms with van der Waals surface area (Å²) in [6.45, 7) is 4.88. The maximum Gasteiger partial charge on any atom is 0.321 e. The molecule has 2 amide bonds. The molecule has 1 aliphatic rings. The number of benzene rings is 1. The van der Waals surface area contributed by atoms with Crippen molar-refractivity contribution >= 4 is 23.3 Å². The highest BCUT2D eigenvalue weighted by Crippen LogP contribution is 2.15. The molecule has 0 unspecified atom stereocenters. The first-order valence-corrected chi connectivity index (χ1v) is 8.31. The molecule has 0 radical (unpaired) electrons. The minimum absolute atomic E-state index is 0.121. The molecule has 1 fully saturated rings. The number of carbonyl (C=O) groups excluding carboxylic acids is 1. The van der Waals surface area contributed by atoms with E-state index < -0.39 is 0 Å². The summed E-state index contributed by atoms with van der Waals surface area (Å²) >= 11 is 5.94. The van der Waals surface area contributed by atoms with Crippen molar-refractivity contribution in [2.45, 2.75) is 19.3 Å². The van der Waals surface area contributed by atoms with Crippen LogP contribution in [0.2, 0.25) is 5.02 Å². The van der Waals surface area contributed by atoms with Crippen LogP contribution in [-0.2, 0) is 0 Å². The number of nitrogens with two attached hydrogens (primary N) is 1. The zero-order chi connectivity index (χ0) is 15.8. The molecule has 6 heteroatoms. The van der Waals surface area contributed by atoms with Crippen LogP contribution < -0.4 is 11.1 Å². The van der Waals surface area contributed by atoms with Gasteiger partial charge in [0.15, 0.2) is 0 Å². The highest BCUT2D eigenvalue weighted by molar-refractivity contribution is 6.30. The molecule has 1 aromatic carbocycles. The average molecular weight is 325 g/mol. The maximum atomic E-state index is 12.4. The van der Waals surface area contributed by atoms with Crippen molar-refractivity contribution in [2.24, 2.45) is 5.73 Å². The Morgan fingerprint density at radius 3 is 2.73 bits per heavy atom. The third kappa shape index (κ3) is 5.48. The lowest BCUT2D eigenvalue weighted by atomic mass is 10.1. The van der Waals surface area contributed by atoms with E-state index >= 15 is 0 Å². The van der Waals surface area contributed by atoms with Crippen LogP contribution in [0.4, 0.5) is 10.5 Å². The number of halogens is 1. The van der Waals surface area contributed by atoms with Gasteiger partial charge in [-0.05, 0) is 44.1 Å². The second-order valence-electron chi connectivity index (χ2n) is 5.62. The number of amides is 2. The van der Waals surface area contributed by atoms with Crippen LogP contribution >= 0.6 is 11.6 Å². The Balaban J connectivity index is 1.86. The molecule has 1 heterocycles. The van der Waals surface area contributed by atoms with E-state index in [0.717, 1.165) is 19.6 Å². The summed E-state index contributed by atoms with van der Waals surface area (Å²) in [6, 6.07) is 7.05. The number of piperidine rings is 1. The van der Waals surface area contributed by atoms with Crippen molar-refractivity contribution in [1.82, 2.24) is 9.80 Å². The Labute approximate surface area is 137 Å². The van der Waals surface area contributed by atoms with E-state index in [1.54, 1.807) is 17.0 Å². The highest BCUT2D eigenvalue weighted by atomic mass is 35.5. The molecule has 5 nitrogen and oxygen atoms in total. The molecule has 0 spiro atoms. The number of hydrogen-bond acceptors (Lipinski definition) is 3. The monoisotopic (exact) mass is 324 g/mol. The van der Waals surface area contributed by atoms with Crippen molar-refractivity contribution in [1.29, 1.82) is 0 Å². The summed E-state index contributed by atoms with van der Waals surface area (Å²) in [5.41, 5.74) is 6.34. The molecular formula is C16H25ClN4O. The third-order valence-corrected chi connectivity index (χ3v) is 4.13. The van der Waals surface area contributed by atoms with E-state index in [9.17, 15) is 4.79 Å². The number of nitrogens with zero attached hydrogens (tertiary/aromatic N) is 2. The maximum absolute atomic E-state index is 12.4. The van der Waals surface area contributed by atoms with Gasteiger partial charge in [0.05, 0.1) is 0 Å². The van der Waals surface area contributed by atoms with Gasteiger partial charge in [-0.3, -0.25) is 0 Å². The van der Waals surface area contributed by atoms with Crippen LogP contribution in [-0.4, -0.2) is 55.1 Å². The number of nitrogens with one attached hydrogen (secondary N) is 1. The zero-order valence-electron chi connectivity index (χ0n) is 12.9. The van der Waals surface area contributed by atoms with Crippen LogP contribution in [0.5, 0.6) is 0 Å². The fourth-order valence-corrected chi connectivity index (χ4v) is 2.87.